The van der Waals surface area contributed by atoms with Gasteiger partial charge >= 0.3 is 0 Å². The fourth-order valence-electron chi connectivity index (χ4n) is 2.77. The van der Waals surface area contributed by atoms with Crippen LogP contribution in [0.3, 0.4) is 0 Å². The maximum absolute atomic E-state index is 13.0. The van der Waals surface area contributed by atoms with Gasteiger partial charge in [0.05, 0.1) is 17.5 Å². The van der Waals surface area contributed by atoms with E-state index in [0.717, 1.165) is 16.3 Å². The van der Waals surface area contributed by atoms with E-state index >= 15 is 0 Å². The van der Waals surface area contributed by atoms with Crippen molar-refractivity contribution in [2.75, 3.05) is 13.7 Å². The minimum atomic E-state index is -3.72. The summed E-state index contributed by atoms with van der Waals surface area (Å²) >= 11 is 0. The summed E-state index contributed by atoms with van der Waals surface area (Å²) in [4.78, 5) is 0.220. The lowest BCUT2D eigenvalue weighted by Gasteiger charge is -2.26. The first kappa shape index (κ1) is 16.6. The molecule has 3 aromatic carbocycles. The molecule has 0 aromatic heterocycles. The fourth-order valence-corrected chi connectivity index (χ4v) is 4.14. The number of hydrogen-bond donors (Lipinski definition) is 1. The van der Waals surface area contributed by atoms with Crippen LogP contribution in [0.2, 0.25) is 0 Å². The van der Waals surface area contributed by atoms with Crippen LogP contribution in [0.1, 0.15) is 11.6 Å². The van der Waals surface area contributed by atoms with Crippen LogP contribution < -0.4 is 0 Å². The Morgan fingerprint density at radius 1 is 0.917 bits per heavy atom. The van der Waals surface area contributed by atoms with Gasteiger partial charge in [-0.1, -0.05) is 60.7 Å². The molecule has 1 unspecified atom stereocenters. The van der Waals surface area contributed by atoms with Crippen molar-refractivity contribution in [3.63, 3.8) is 0 Å². The third-order valence-corrected chi connectivity index (χ3v) is 6.06. The number of aliphatic hydroxyl groups is 1. The molecule has 0 amide bonds. The van der Waals surface area contributed by atoms with E-state index in [2.05, 4.69) is 0 Å². The van der Waals surface area contributed by atoms with E-state index in [1.54, 1.807) is 18.2 Å². The van der Waals surface area contributed by atoms with Crippen LogP contribution in [0.15, 0.2) is 77.7 Å². The van der Waals surface area contributed by atoms with Gasteiger partial charge in [0.25, 0.3) is 0 Å². The number of likely N-dealkylation sites (N-methyl/N-ethyl adjacent to an activating group) is 1. The molecule has 0 saturated heterocycles. The van der Waals surface area contributed by atoms with Gasteiger partial charge in [0.1, 0.15) is 0 Å². The second-order valence-electron chi connectivity index (χ2n) is 5.64. The molecular weight excluding hydrogens is 322 g/mol. The average Bonchev–Trinajstić information content (AvgIpc) is 2.62. The van der Waals surface area contributed by atoms with Gasteiger partial charge in [-0.2, -0.15) is 4.31 Å². The SMILES string of the molecule is CN(C(CO)c1ccccc1)S(=O)(=O)c1ccc2ccccc2c1. The van der Waals surface area contributed by atoms with Crippen LogP contribution in [0.4, 0.5) is 0 Å². The van der Waals surface area contributed by atoms with Crippen molar-refractivity contribution >= 4 is 20.8 Å². The van der Waals surface area contributed by atoms with E-state index in [0.29, 0.717) is 0 Å². The van der Waals surface area contributed by atoms with Crippen LogP contribution in [0.5, 0.6) is 0 Å². The summed E-state index contributed by atoms with van der Waals surface area (Å²) in [6.45, 7) is -0.284. The molecule has 0 spiro atoms. The predicted octanol–water partition coefficient (Wildman–Crippen LogP) is 3.19. The van der Waals surface area contributed by atoms with Crippen molar-refractivity contribution in [2.45, 2.75) is 10.9 Å². The standard InChI is InChI=1S/C19H19NO3S/c1-20(19(14-21)16-8-3-2-4-9-16)24(22,23)18-12-11-15-7-5-6-10-17(15)13-18/h2-13,19,21H,14H2,1H3. The van der Waals surface area contributed by atoms with Gasteiger partial charge in [-0.3, -0.25) is 0 Å². The first-order chi connectivity index (χ1) is 11.5. The topological polar surface area (TPSA) is 57.6 Å². The molecule has 1 N–H and O–H groups in total. The van der Waals surface area contributed by atoms with Crippen LogP contribution in [0.25, 0.3) is 10.8 Å². The van der Waals surface area contributed by atoms with Crippen molar-refractivity contribution < 1.29 is 13.5 Å². The number of benzene rings is 3. The predicted molar refractivity (Wildman–Crippen MR) is 95.2 cm³/mol. The largest absolute Gasteiger partial charge is 0.394 e. The van der Waals surface area contributed by atoms with Crippen LogP contribution in [-0.2, 0) is 10.0 Å². The summed E-state index contributed by atoms with van der Waals surface area (Å²) in [5.41, 5.74) is 0.756. The third-order valence-electron chi connectivity index (χ3n) is 4.19. The summed E-state index contributed by atoms with van der Waals surface area (Å²) in [5, 5.41) is 11.6. The lowest BCUT2D eigenvalue weighted by Crippen LogP contribution is -2.33. The molecule has 1 atom stereocenters. The molecule has 3 rings (SSSR count). The monoisotopic (exact) mass is 341 g/mol. The molecule has 0 aliphatic heterocycles. The zero-order chi connectivity index (χ0) is 17.2. The van der Waals surface area contributed by atoms with Crippen molar-refractivity contribution in [3.05, 3.63) is 78.4 Å². The van der Waals surface area contributed by atoms with E-state index in [4.69, 9.17) is 0 Å². The number of hydrogen-bond acceptors (Lipinski definition) is 3. The molecule has 0 radical (unpaired) electrons. The lowest BCUT2D eigenvalue weighted by atomic mass is 10.1. The molecule has 5 heteroatoms. The molecule has 124 valence electrons. The zero-order valence-electron chi connectivity index (χ0n) is 13.3. The summed E-state index contributed by atoms with van der Waals surface area (Å²) in [6, 6.07) is 21.2. The van der Waals surface area contributed by atoms with Gasteiger partial charge in [-0.25, -0.2) is 8.42 Å². The summed E-state index contributed by atoms with van der Waals surface area (Å²) in [7, 11) is -2.22. The summed E-state index contributed by atoms with van der Waals surface area (Å²) in [5.74, 6) is 0. The quantitative estimate of drug-likeness (QED) is 0.775. The Bertz CT molecular complexity index is 939. The van der Waals surface area contributed by atoms with E-state index in [1.807, 2.05) is 54.6 Å². The molecule has 0 fully saturated rings. The lowest BCUT2D eigenvalue weighted by molar-refractivity contribution is 0.204. The highest BCUT2D eigenvalue weighted by atomic mass is 32.2. The molecule has 4 nitrogen and oxygen atoms in total. The van der Waals surface area contributed by atoms with E-state index in [-0.39, 0.29) is 11.5 Å². The van der Waals surface area contributed by atoms with Crippen molar-refractivity contribution in [2.24, 2.45) is 0 Å². The van der Waals surface area contributed by atoms with Gasteiger partial charge in [-0.15, -0.1) is 0 Å². The molecule has 0 bridgehead atoms. The number of aliphatic hydroxyl groups excluding tert-OH is 1. The third kappa shape index (κ3) is 3.06. The Labute approximate surface area is 142 Å². The molecular formula is C19H19NO3S. The first-order valence-electron chi connectivity index (χ1n) is 7.66. The first-order valence-corrected chi connectivity index (χ1v) is 9.10. The fraction of sp³-hybridized carbons (Fsp3) is 0.158. The number of sulfonamides is 1. The molecule has 0 aliphatic carbocycles. The minimum Gasteiger partial charge on any atom is -0.394 e. The van der Waals surface area contributed by atoms with Gasteiger partial charge in [0.2, 0.25) is 10.0 Å². The molecule has 0 heterocycles. The van der Waals surface area contributed by atoms with E-state index in [9.17, 15) is 13.5 Å². The van der Waals surface area contributed by atoms with Crippen molar-refractivity contribution in [1.29, 1.82) is 0 Å². The molecule has 0 aliphatic rings. The van der Waals surface area contributed by atoms with Gasteiger partial charge in [-0.05, 0) is 28.5 Å². The maximum Gasteiger partial charge on any atom is 0.243 e. The normalized spacial score (nSPS) is 13.3. The van der Waals surface area contributed by atoms with E-state index in [1.165, 1.54) is 11.4 Å². The number of rotatable bonds is 5. The smallest absolute Gasteiger partial charge is 0.243 e. The van der Waals surface area contributed by atoms with Gasteiger partial charge in [0, 0.05) is 7.05 Å². The highest BCUT2D eigenvalue weighted by Gasteiger charge is 2.28. The summed E-state index contributed by atoms with van der Waals surface area (Å²) in [6.07, 6.45) is 0. The van der Waals surface area contributed by atoms with Crippen LogP contribution in [-0.4, -0.2) is 31.5 Å². The molecule has 3 aromatic rings. The van der Waals surface area contributed by atoms with Crippen LogP contribution in [0, 0.1) is 0 Å². The average molecular weight is 341 g/mol. The maximum atomic E-state index is 13.0. The van der Waals surface area contributed by atoms with Gasteiger partial charge < -0.3 is 5.11 Å². The Morgan fingerprint density at radius 3 is 2.21 bits per heavy atom. The highest BCUT2D eigenvalue weighted by molar-refractivity contribution is 7.89. The minimum absolute atomic E-state index is 0.220. The number of fused-ring (bicyclic) bond motifs is 1. The highest BCUT2D eigenvalue weighted by Crippen LogP contribution is 2.27. The second-order valence-corrected chi connectivity index (χ2v) is 7.64. The van der Waals surface area contributed by atoms with Gasteiger partial charge in [0.15, 0.2) is 0 Å². The zero-order valence-corrected chi connectivity index (χ0v) is 14.1. The second kappa shape index (κ2) is 6.73. The molecule has 0 saturated carbocycles. The Hall–Kier alpha value is -2.21. The summed E-state index contributed by atoms with van der Waals surface area (Å²) < 4.78 is 27.2. The van der Waals surface area contributed by atoms with Crippen LogP contribution >= 0.6 is 0 Å². The van der Waals surface area contributed by atoms with Crippen molar-refractivity contribution in [3.8, 4) is 0 Å². The molecule has 24 heavy (non-hydrogen) atoms. The Morgan fingerprint density at radius 2 is 1.54 bits per heavy atom. The van der Waals surface area contributed by atoms with E-state index < -0.39 is 16.1 Å². The Balaban J connectivity index is 2.01. The van der Waals surface area contributed by atoms with Crippen molar-refractivity contribution in [1.82, 2.24) is 4.31 Å². The Kier molecular flexibility index (Phi) is 4.66. The number of nitrogens with zero attached hydrogens (tertiary/aromatic N) is 1.